The summed E-state index contributed by atoms with van der Waals surface area (Å²) in [6.07, 6.45) is 0. The van der Waals surface area contributed by atoms with Crippen molar-refractivity contribution in [1.29, 1.82) is 0 Å². The van der Waals surface area contributed by atoms with Crippen LogP contribution >= 0.6 is 0 Å². The third kappa shape index (κ3) is 2.94. The van der Waals surface area contributed by atoms with Gasteiger partial charge < -0.3 is 9.47 Å². The zero-order valence-corrected chi connectivity index (χ0v) is 11.5. The second-order valence-electron chi connectivity index (χ2n) is 5.16. The van der Waals surface area contributed by atoms with Gasteiger partial charge in [0.15, 0.2) is 11.5 Å². The van der Waals surface area contributed by atoms with E-state index in [9.17, 15) is 8.42 Å². The van der Waals surface area contributed by atoms with E-state index in [1.54, 1.807) is 26.8 Å². The summed E-state index contributed by atoms with van der Waals surface area (Å²) in [6, 6.07) is 4.62. The van der Waals surface area contributed by atoms with Crippen LogP contribution in [0.3, 0.4) is 0 Å². The lowest BCUT2D eigenvalue weighted by Crippen LogP contribution is -2.40. The van der Waals surface area contributed by atoms with Crippen LogP contribution in [0.2, 0.25) is 0 Å². The topological polar surface area (TPSA) is 64.6 Å². The van der Waals surface area contributed by atoms with Crippen molar-refractivity contribution >= 4 is 10.0 Å². The van der Waals surface area contributed by atoms with Gasteiger partial charge in [0.2, 0.25) is 10.0 Å². The number of benzene rings is 1. The molecule has 0 bridgehead atoms. The van der Waals surface area contributed by atoms with Crippen molar-refractivity contribution in [3.8, 4) is 11.5 Å². The average molecular weight is 271 g/mol. The van der Waals surface area contributed by atoms with E-state index in [1.807, 2.05) is 0 Å². The Labute approximate surface area is 107 Å². The minimum absolute atomic E-state index is 0.182. The Morgan fingerprint density at radius 1 is 1.11 bits per heavy atom. The molecule has 0 saturated heterocycles. The Hall–Kier alpha value is -1.27. The Kier molecular flexibility index (Phi) is 3.25. The molecule has 0 fully saturated rings. The van der Waals surface area contributed by atoms with Gasteiger partial charge in [0.25, 0.3) is 0 Å². The third-order valence-corrected chi connectivity index (χ3v) is 4.02. The molecule has 1 heterocycles. The van der Waals surface area contributed by atoms with Crippen LogP contribution in [-0.2, 0) is 10.0 Å². The smallest absolute Gasteiger partial charge is 0.241 e. The number of ether oxygens (including phenoxy) is 2. The molecule has 100 valence electrons. The summed E-state index contributed by atoms with van der Waals surface area (Å²) in [4.78, 5) is 0.182. The zero-order valence-electron chi connectivity index (χ0n) is 10.7. The van der Waals surface area contributed by atoms with Crippen molar-refractivity contribution < 1.29 is 17.9 Å². The van der Waals surface area contributed by atoms with Crippen molar-refractivity contribution in [2.24, 2.45) is 0 Å². The highest BCUT2D eigenvalue weighted by Gasteiger charge is 2.24. The van der Waals surface area contributed by atoms with E-state index in [0.29, 0.717) is 24.7 Å². The van der Waals surface area contributed by atoms with Crippen LogP contribution in [0.5, 0.6) is 11.5 Å². The molecule has 0 unspecified atom stereocenters. The van der Waals surface area contributed by atoms with Gasteiger partial charge >= 0.3 is 0 Å². The number of hydrogen-bond acceptors (Lipinski definition) is 4. The molecule has 0 saturated carbocycles. The van der Waals surface area contributed by atoms with Gasteiger partial charge in [0, 0.05) is 11.6 Å². The lowest BCUT2D eigenvalue weighted by atomic mass is 10.1. The predicted molar refractivity (Wildman–Crippen MR) is 67.5 cm³/mol. The first-order chi connectivity index (χ1) is 8.28. The summed E-state index contributed by atoms with van der Waals surface area (Å²) in [7, 11) is -3.54. The first-order valence-corrected chi connectivity index (χ1v) is 7.20. The molecular formula is C12H17NO4S. The van der Waals surface area contributed by atoms with Crippen molar-refractivity contribution in [3.05, 3.63) is 18.2 Å². The van der Waals surface area contributed by atoms with Crippen molar-refractivity contribution in [3.63, 3.8) is 0 Å². The molecule has 6 heteroatoms. The quantitative estimate of drug-likeness (QED) is 0.886. The van der Waals surface area contributed by atoms with E-state index in [-0.39, 0.29) is 4.90 Å². The SMILES string of the molecule is CC(C)(C)NS(=O)(=O)c1ccc2c(c1)OCCO2. The number of rotatable bonds is 2. The maximum Gasteiger partial charge on any atom is 0.241 e. The third-order valence-electron chi connectivity index (χ3n) is 2.26. The molecule has 0 amide bonds. The lowest BCUT2D eigenvalue weighted by Gasteiger charge is -2.22. The highest BCUT2D eigenvalue weighted by molar-refractivity contribution is 7.89. The van der Waals surface area contributed by atoms with Crippen LogP contribution in [0.4, 0.5) is 0 Å². The van der Waals surface area contributed by atoms with Gasteiger partial charge in [-0.05, 0) is 32.9 Å². The van der Waals surface area contributed by atoms with Gasteiger partial charge in [-0.15, -0.1) is 0 Å². The minimum Gasteiger partial charge on any atom is -0.486 e. The maximum absolute atomic E-state index is 12.1. The van der Waals surface area contributed by atoms with E-state index in [2.05, 4.69) is 4.72 Å². The lowest BCUT2D eigenvalue weighted by molar-refractivity contribution is 0.171. The van der Waals surface area contributed by atoms with E-state index in [1.165, 1.54) is 12.1 Å². The molecule has 1 aromatic rings. The van der Waals surface area contributed by atoms with Gasteiger partial charge in [-0.25, -0.2) is 13.1 Å². The van der Waals surface area contributed by atoms with Crippen molar-refractivity contribution in [2.75, 3.05) is 13.2 Å². The molecule has 0 atom stereocenters. The minimum atomic E-state index is -3.54. The summed E-state index contributed by atoms with van der Waals surface area (Å²) in [5.41, 5.74) is -0.522. The molecule has 1 aromatic carbocycles. The fourth-order valence-electron chi connectivity index (χ4n) is 1.65. The number of hydrogen-bond donors (Lipinski definition) is 1. The number of nitrogens with one attached hydrogen (secondary N) is 1. The van der Waals surface area contributed by atoms with Gasteiger partial charge in [-0.2, -0.15) is 0 Å². The molecule has 0 radical (unpaired) electrons. The molecule has 18 heavy (non-hydrogen) atoms. The number of sulfonamides is 1. The van der Waals surface area contributed by atoms with Crippen molar-refractivity contribution in [1.82, 2.24) is 4.72 Å². The molecule has 0 aromatic heterocycles. The fourth-order valence-corrected chi connectivity index (χ4v) is 3.09. The molecule has 1 N–H and O–H groups in total. The molecule has 0 spiro atoms. The highest BCUT2D eigenvalue weighted by atomic mass is 32.2. The zero-order chi connectivity index (χ0) is 13.4. The standard InChI is InChI=1S/C12H17NO4S/c1-12(2,3)13-18(14,15)9-4-5-10-11(8-9)17-7-6-16-10/h4-5,8,13H,6-7H2,1-3H3. The number of fused-ring (bicyclic) bond motifs is 1. The van der Waals surface area contributed by atoms with E-state index < -0.39 is 15.6 Å². The molecule has 1 aliphatic rings. The predicted octanol–water partition coefficient (Wildman–Crippen LogP) is 1.53. The monoisotopic (exact) mass is 271 g/mol. The molecule has 1 aliphatic heterocycles. The Balaban J connectivity index is 2.34. The normalized spacial score (nSPS) is 15.5. The molecule has 5 nitrogen and oxygen atoms in total. The van der Waals surface area contributed by atoms with E-state index in [4.69, 9.17) is 9.47 Å². The van der Waals surface area contributed by atoms with Crippen LogP contribution in [0, 0.1) is 0 Å². The second-order valence-corrected chi connectivity index (χ2v) is 6.84. The van der Waals surface area contributed by atoms with Crippen LogP contribution in [-0.4, -0.2) is 27.2 Å². The van der Waals surface area contributed by atoms with Gasteiger partial charge in [0.1, 0.15) is 13.2 Å². The summed E-state index contributed by atoms with van der Waals surface area (Å²) in [5.74, 6) is 1.05. The van der Waals surface area contributed by atoms with Crippen molar-refractivity contribution in [2.45, 2.75) is 31.2 Å². The average Bonchev–Trinajstić information content (AvgIpc) is 2.25. The largest absolute Gasteiger partial charge is 0.486 e. The molecular weight excluding hydrogens is 254 g/mol. The summed E-state index contributed by atoms with van der Waals surface area (Å²) in [6.45, 7) is 6.30. The molecule has 0 aliphatic carbocycles. The first kappa shape index (κ1) is 13.2. The van der Waals surface area contributed by atoms with Crippen LogP contribution in [0.1, 0.15) is 20.8 Å². The molecule has 2 rings (SSSR count). The summed E-state index contributed by atoms with van der Waals surface area (Å²) in [5, 5.41) is 0. The Morgan fingerprint density at radius 2 is 1.72 bits per heavy atom. The summed E-state index contributed by atoms with van der Waals surface area (Å²) >= 11 is 0. The Morgan fingerprint density at radius 3 is 2.33 bits per heavy atom. The van der Waals surface area contributed by atoms with E-state index >= 15 is 0 Å². The fraction of sp³-hybridized carbons (Fsp3) is 0.500. The highest BCUT2D eigenvalue weighted by Crippen LogP contribution is 2.32. The van der Waals surface area contributed by atoms with Gasteiger partial charge in [0.05, 0.1) is 4.90 Å². The summed E-state index contributed by atoms with van der Waals surface area (Å²) < 4.78 is 37.6. The second kappa shape index (κ2) is 4.44. The van der Waals surface area contributed by atoms with Gasteiger partial charge in [-0.3, -0.25) is 0 Å². The van der Waals surface area contributed by atoms with Crippen LogP contribution < -0.4 is 14.2 Å². The van der Waals surface area contributed by atoms with E-state index in [0.717, 1.165) is 0 Å². The Bertz CT molecular complexity index is 546. The van der Waals surface area contributed by atoms with Gasteiger partial charge in [-0.1, -0.05) is 0 Å². The van der Waals surface area contributed by atoms with Crippen LogP contribution in [0.25, 0.3) is 0 Å². The van der Waals surface area contributed by atoms with Crippen LogP contribution in [0.15, 0.2) is 23.1 Å². The first-order valence-electron chi connectivity index (χ1n) is 5.72. The maximum atomic E-state index is 12.1.